The number of fused-ring (bicyclic) bond motifs is 1. The molecule has 1 fully saturated rings. The summed E-state index contributed by atoms with van der Waals surface area (Å²) in [5.41, 5.74) is 4.04. The normalized spacial score (nSPS) is 14.2. The van der Waals surface area contributed by atoms with Gasteiger partial charge < -0.3 is 9.64 Å². The molecule has 0 radical (unpaired) electrons. The van der Waals surface area contributed by atoms with E-state index in [-0.39, 0.29) is 4.90 Å². The average Bonchev–Trinajstić information content (AvgIpc) is 3.23. The summed E-state index contributed by atoms with van der Waals surface area (Å²) >= 11 is 0. The minimum Gasteiger partial charge on any atom is -0.378 e. The number of aromatic nitrogens is 2. The predicted octanol–water partition coefficient (Wildman–Crippen LogP) is 3.64. The van der Waals surface area contributed by atoms with Crippen LogP contribution in [0.1, 0.15) is 5.82 Å². The van der Waals surface area contributed by atoms with E-state index in [2.05, 4.69) is 26.6 Å². The fourth-order valence-corrected chi connectivity index (χ4v) is 5.02. The highest BCUT2D eigenvalue weighted by molar-refractivity contribution is 7.92. The first-order chi connectivity index (χ1) is 16.0. The first kappa shape index (κ1) is 21.1. The van der Waals surface area contributed by atoms with Gasteiger partial charge in [0.1, 0.15) is 0 Å². The van der Waals surface area contributed by atoms with Crippen LogP contribution in [0.4, 0.5) is 11.4 Å². The molecule has 3 aromatic carbocycles. The van der Waals surface area contributed by atoms with Crippen LogP contribution in [-0.2, 0) is 14.8 Å². The lowest BCUT2D eigenvalue weighted by Gasteiger charge is -2.28. The van der Waals surface area contributed by atoms with Gasteiger partial charge in [0.15, 0.2) is 5.82 Å². The van der Waals surface area contributed by atoms with E-state index < -0.39 is 10.0 Å². The summed E-state index contributed by atoms with van der Waals surface area (Å²) in [4.78, 5) is 7.12. The number of terminal acetylenes is 1. The Labute approximate surface area is 192 Å². The van der Waals surface area contributed by atoms with E-state index >= 15 is 0 Å². The monoisotopic (exact) mass is 458 g/mol. The summed E-state index contributed by atoms with van der Waals surface area (Å²) < 4.78 is 35.1. The number of nitrogens with one attached hydrogen (secondary N) is 1. The molecule has 1 aliphatic rings. The van der Waals surface area contributed by atoms with E-state index in [0.717, 1.165) is 35.5 Å². The Morgan fingerprint density at radius 3 is 2.33 bits per heavy atom. The van der Waals surface area contributed by atoms with E-state index in [1.165, 1.54) is 0 Å². The maximum atomic E-state index is 12.6. The molecule has 1 saturated heterocycles. The van der Waals surface area contributed by atoms with Gasteiger partial charge in [0, 0.05) is 30.2 Å². The first-order valence-corrected chi connectivity index (χ1v) is 12.0. The van der Waals surface area contributed by atoms with Crippen LogP contribution < -0.4 is 9.62 Å². The number of morpholine rings is 1. The van der Waals surface area contributed by atoms with E-state index in [4.69, 9.17) is 11.2 Å². The van der Waals surface area contributed by atoms with Crippen molar-refractivity contribution < 1.29 is 13.2 Å². The number of hydrogen-bond donors (Lipinski definition) is 1. The maximum absolute atomic E-state index is 12.6. The Balaban J connectivity index is 1.45. The van der Waals surface area contributed by atoms with E-state index in [9.17, 15) is 8.42 Å². The van der Waals surface area contributed by atoms with Gasteiger partial charge in [-0.25, -0.2) is 13.4 Å². The molecule has 5 rings (SSSR count). The fourth-order valence-electron chi connectivity index (χ4n) is 3.94. The van der Waals surface area contributed by atoms with Crippen LogP contribution in [0.2, 0.25) is 0 Å². The molecule has 7 nitrogen and oxygen atoms in total. The molecule has 1 N–H and O–H groups in total. The van der Waals surface area contributed by atoms with Crippen LogP contribution in [0.3, 0.4) is 0 Å². The second-order valence-electron chi connectivity index (χ2n) is 7.65. The molecule has 0 atom stereocenters. The van der Waals surface area contributed by atoms with Gasteiger partial charge in [0.25, 0.3) is 10.0 Å². The third-order valence-corrected chi connectivity index (χ3v) is 6.97. The van der Waals surface area contributed by atoms with Gasteiger partial charge in [0.05, 0.1) is 29.1 Å². The summed E-state index contributed by atoms with van der Waals surface area (Å²) in [5.74, 6) is 3.15. The molecule has 0 aliphatic carbocycles. The van der Waals surface area contributed by atoms with Crippen molar-refractivity contribution in [2.24, 2.45) is 0 Å². The minimum atomic E-state index is -3.66. The third-order valence-electron chi connectivity index (χ3n) is 5.57. The highest BCUT2D eigenvalue weighted by Gasteiger charge is 2.17. The highest BCUT2D eigenvalue weighted by atomic mass is 32.2. The number of hydrogen-bond acceptors (Lipinski definition) is 5. The van der Waals surface area contributed by atoms with Crippen LogP contribution >= 0.6 is 0 Å². The van der Waals surface area contributed by atoms with Crippen molar-refractivity contribution in [2.75, 3.05) is 35.9 Å². The summed E-state index contributed by atoms with van der Waals surface area (Å²) in [7, 11) is -3.66. The van der Waals surface area contributed by atoms with Crippen molar-refractivity contribution in [3.8, 4) is 18.0 Å². The topological polar surface area (TPSA) is 76.5 Å². The molecule has 4 aromatic rings. The van der Waals surface area contributed by atoms with Gasteiger partial charge in [-0.1, -0.05) is 18.2 Å². The first-order valence-electron chi connectivity index (χ1n) is 10.6. The third kappa shape index (κ3) is 4.16. The van der Waals surface area contributed by atoms with Crippen molar-refractivity contribution >= 4 is 32.4 Å². The number of ether oxygens (including phenoxy) is 1. The summed E-state index contributed by atoms with van der Waals surface area (Å²) in [5, 5.41) is 0. The van der Waals surface area contributed by atoms with Gasteiger partial charge in [0.2, 0.25) is 0 Å². The lowest BCUT2D eigenvalue weighted by Crippen LogP contribution is -2.36. The van der Waals surface area contributed by atoms with Gasteiger partial charge in [-0.2, -0.15) is 0 Å². The zero-order valence-electron chi connectivity index (χ0n) is 17.8. The lowest BCUT2D eigenvalue weighted by molar-refractivity contribution is 0.122. The molecule has 33 heavy (non-hydrogen) atoms. The molecular formula is C25H22N4O3S. The van der Waals surface area contributed by atoms with Crippen molar-refractivity contribution in [3.63, 3.8) is 0 Å². The zero-order valence-corrected chi connectivity index (χ0v) is 18.6. The second-order valence-corrected chi connectivity index (χ2v) is 9.34. The molecule has 0 amide bonds. The van der Waals surface area contributed by atoms with Crippen LogP contribution in [0.25, 0.3) is 16.7 Å². The number of imidazole rings is 1. The maximum Gasteiger partial charge on any atom is 0.261 e. The number of sulfonamides is 1. The Morgan fingerprint density at radius 2 is 1.64 bits per heavy atom. The summed E-state index contributed by atoms with van der Waals surface area (Å²) in [6.07, 6.45) is 5.76. The largest absolute Gasteiger partial charge is 0.378 e. The Hall–Kier alpha value is -3.80. The fraction of sp³-hybridized carbons (Fsp3) is 0.160. The lowest BCUT2D eigenvalue weighted by atomic mass is 10.2. The molecular weight excluding hydrogens is 436 g/mol. The van der Waals surface area contributed by atoms with Crippen LogP contribution in [0.5, 0.6) is 0 Å². The molecule has 0 saturated carbocycles. The highest BCUT2D eigenvalue weighted by Crippen LogP contribution is 2.27. The van der Waals surface area contributed by atoms with Gasteiger partial charge >= 0.3 is 0 Å². The number of benzene rings is 3. The van der Waals surface area contributed by atoms with E-state index in [1.54, 1.807) is 42.5 Å². The SMILES string of the molecule is C#Cc1nc2cc(N3CCOCC3)ccc2n1-c1ccc(NS(=O)(=O)c2ccccc2)cc1. The Bertz CT molecular complexity index is 1430. The predicted molar refractivity (Wildman–Crippen MR) is 129 cm³/mol. The van der Waals surface area contributed by atoms with Crippen molar-refractivity contribution in [1.82, 2.24) is 9.55 Å². The number of nitrogens with zero attached hydrogens (tertiary/aromatic N) is 3. The molecule has 2 heterocycles. The smallest absolute Gasteiger partial charge is 0.261 e. The quantitative estimate of drug-likeness (QED) is 0.462. The standard InChI is InChI=1S/C25H22N4O3S/c1-2-25-26-23-18-21(28-14-16-32-17-15-28)12-13-24(23)29(25)20-10-8-19(9-11-20)27-33(30,31)22-6-4-3-5-7-22/h1,3-13,18,27H,14-17H2. The van der Waals surface area contributed by atoms with Crippen molar-refractivity contribution in [3.05, 3.63) is 78.6 Å². The molecule has 8 heteroatoms. The Morgan fingerprint density at radius 1 is 0.939 bits per heavy atom. The van der Waals surface area contributed by atoms with Crippen molar-refractivity contribution in [1.29, 1.82) is 0 Å². The molecule has 0 spiro atoms. The zero-order chi connectivity index (χ0) is 22.8. The Kier molecular flexibility index (Phi) is 5.50. The molecule has 0 bridgehead atoms. The van der Waals surface area contributed by atoms with Crippen LogP contribution in [0.15, 0.2) is 77.7 Å². The van der Waals surface area contributed by atoms with Crippen LogP contribution in [0, 0.1) is 12.3 Å². The van der Waals surface area contributed by atoms with Gasteiger partial charge in [-0.15, -0.1) is 6.42 Å². The van der Waals surface area contributed by atoms with E-state index in [0.29, 0.717) is 24.7 Å². The van der Waals surface area contributed by atoms with Gasteiger partial charge in [-0.3, -0.25) is 9.29 Å². The van der Waals surface area contributed by atoms with E-state index in [1.807, 2.05) is 28.8 Å². The second kappa shape index (κ2) is 8.62. The van der Waals surface area contributed by atoms with Gasteiger partial charge in [-0.05, 0) is 60.5 Å². The van der Waals surface area contributed by atoms with Crippen molar-refractivity contribution in [2.45, 2.75) is 4.90 Å². The molecule has 1 aromatic heterocycles. The molecule has 1 aliphatic heterocycles. The molecule has 0 unspecified atom stereocenters. The molecule has 166 valence electrons. The number of anilines is 2. The average molecular weight is 459 g/mol. The number of rotatable bonds is 5. The summed E-state index contributed by atoms with van der Waals surface area (Å²) in [6, 6.07) is 21.4. The summed E-state index contributed by atoms with van der Waals surface area (Å²) in [6.45, 7) is 3.11. The minimum absolute atomic E-state index is 0.209. The van der Waals surface area contributed by atoms with Crippen LogP contribution in [-0.4, -0.2) is 44.3 Å².